The van der Waals surface area contributed by atoms with E-state index < -0.39 is 27.1 Å². The summed E-state index contributed by atoms with van der Waals surface area (Å²) in [6.07, 6.45) is 8.60. The van der Waals surface area contributed by atoms with Gasteiger partial charge in [0.25, 0.3) is 0 Å². The molecule has 0 amide bonds. The van der Waals surface area contributed by atoms with Crippen molar-refractivity contribution in [1.29, 1.82) is 0 Å². The second-order valence-corrected chi connectivity index (χ2v) is 15.0. The van der Waals surface area contributed by atoms with Crippen LogP contribution in [-0.2, 0) is 10.0 Å². The quantitative estimate of drug-likeness (QED) is 0.386. The maximum absolute atomic E-state index is 15.1. The fourth-order valence-corrected chi connectivity index (χ4v) is 10.4. The number of Topliss-reactive ketones (excluding diaryl/α,β-unsaturated/α-hetero) is 1. The van der Waals surface area contributed by atoms with Crippen molar-refractivity contribution < 1.29 is 22.0 Å². The number of carbonyl (C=O) groups excluding carboxylic acids is 1. The molecule has 2 unspecified atom stereocenters. The van der Waals surface area contributed by atoms with Crippen LogP contribution in [0.15, 0.2) is 41.3 Å². The van der Waals surface area contributed by atoms with Crippen LogP contribution >= 0.6 is 0 Å². The third kappa shape index (κ3) is 4.09. The van der Waals surface area contributed by atoms with E-state index >= 15 is 4.39 Å². The summed E-state index contributed by atoms with van der Waals surface area (Å²) in [4.78, 5) is 32.1. The van der Waals surface area contributed by atoms with E-state index in [2.05, 4.69) is 11.9 Å². The maximum Gasteiger partial charge on any atom is 0.236 e. The zero-order valence-electron chi connectivity index (χ0n) is 22.3. The summed E-state index contributed by atoms with van der Waals surface area (Å²) in [7, 11) is -3.56. The molecular weight excluding hydrogens is 536 g/mol. The van der Waals surface area contributed by atoms with Crippen LogP contribution in [0.3, 0.4) is 0 Å². The van der Waals surface area contributed by atoms with Crippen LogP contribution in [0, 0.1) is 34.3 Å². The summed E-state index contributed by atoms with van der Waals surface area (Å²) in [5.74, 6) is -0.604. The molecule has 3 heterocycles. The predicted molar refractivity (Wildman–Crippen MR) is 147 cm³/mol. The standard InChI is InChI=1S/C30H31F2N3O4S/c1-29-11-18-9-19(12-29)14-30(13-18,17-29)15-25(36)22-16-34(24-5-3-20(31)10-23(24)32)28-21(27(22)37)4-6-26(33-28)35-7-2-8-40(35,38)39/h3-6,10,16,18-19H,2,7-9,11-15,17H2,1H3. The van der Waals surface area contributed by atoms with Crippen LogP contribution in [0.4, 0.5) is 14.6 Å². The van der Waals surface area contributed by atoms with Crippen LogP contribution in [0.5, 0.6) is 0 Å². The molecule has 3 aromatic rings. The Morgan fingerprint density at radius 3 is 2.50 bits per heavy atom. The van der Waals surface area contributed by atoms with Crippen molar-refractivity contribution in [1.82, 2.24) is 9.55 Å². The molecule has 7 nitrogen and oxygen atoms in total. The molecule has 1 saturated heterocycles. The lowest BCUT2D eigenvalue weighted by atomic mass is 9.44. The molecule has 40 heavy (non-hydrogen) atoms. The van der Waals surface area contributed by atoms with Crippen LogP contribution in [0.1, 0.15) is 68.6 Å². The topological polar surface area (TPSA) is 89.3 Å². The molecule has 4 aliphatic carbocycles. The highest BCUT2D eigenvalue weighted by molar-refractivity contribution is 7.93. The van der Waals surface area contributed by atoms with E-state index in [0.717, 1.165) is 31.4 Å². The zero-order chi connectivity index (χ0) is 28.0. The van der Waals surface area contributed by atoms with Gasteiger partial charge < -0.3 is 0 Å². The van der Waals surface area contributed by atoms with E-state index in [1.165, 1.54) is 52.5 Å². The Kier molecular flexibility index (Phi) is 5.60. The highest BCUT2D eigenvalue weighted by atomic mass is 32.2. The molecule has 5 fully saturated rings. The molecular formula is C30H31F2N3O4S. The highest BCUT2D eigenvalue weighted by Crippen LogP contribution is 2.66. The number of rotatable bonds is 5. The van der Waals surface area contributed by atoms with Crippen LogP contribution in [-0.4, -0.2) is 36.0 Å². The number of halogens is 2. The first kappa shape index (κ1) is 25.8. The third-order valence-corrected chi connectivity index (χ3v) is 11.5. The van der Waals surface area contributed by atoms with Gasteiger partial charge in [-0.15, -0.1) is 0 Å². The van der Waals surface area contributed by atoms with Crippen molar-refractivity contribution in [2.24, 2.45) is 22.7 Å². The van der Waals surface area contributed by atoms with Crippen molar-refractivity contribution in [2.45, 2.75) is 58.3 Å². The van der Waals surface area contributed by atoms with Gasteiger partial charge in [0.2, 0.25) is 15.5 Å². The number of nitrogens with zero attached hydrogens (tertiary/aromatic N) is 3. The Bertz CT molecular complexity index is 1740. The number of pyridine rings is 2. The number of ketones is 1. The Labute approximate surface area is 231 Å². The number of anilines is 1. The third-order valence-electron chi connectivity index (χ3n) is 9.67. The number of sulfonamides is 1. The second kappa shape index (κ2) is 8.68. The number of benzene rings is 1. The lowest BCUT2D eigenvalue weighted by Gasteiger charge is -2.61. The number of hydrogen-bond acceptors (Lipinski definition) is 5. The van der Waals surface area contributed by atoms with Gasteiger partial charge in [0.15, 0.2) is 11.4 Å². The fraction of sp³-hybridized carbons (Fsp3) is 0.500. The highest BCUT2D eigenvalue weighted by Gasteiger charge is 2.56. The molecule has 0 spiro atoms. The van der Waals surface area contributed by atoms with E-state index in [1.807, 2.05) is 0 Å². The molecule has 10 heteroatoms. The van der Waals surface area contributed by atoms with E-state index in [-0.39, 0.29) is 63.4 Å². The number of hydrogen-bond donors (Lipinski definition) is 0. The second-order valence-electron chi connectivity index (χ2n) is 13.0. The first-order valence-electron chi connectivity index (χ1n) is 14.0. The van der Waals surface area contributed by atoms with E-state index in [1.54, 1.807) is 0 Å². The average Bonchev–Trinajstić information content (AvgIpc) is 3.21. The van der Waals surface area contributed by atoms with E-state index in [0.29, 0.717) is 18.3 Å². The minimum atomic E-state index is -3.56. The van der Waals surface area contributed by atoms with Gasteiger partial charge in [0, 0.05) is 25.2 Å². The largest absolute Gasteiger partial charge is 0.297 e. The van der Waals surface area contributed by atoms with Gasteiger partial charge in [-0.05, 0) is 91.9 Å². The molecule has 210 valence electrons. The summed E-state index contributed by atoms with van der Waals surface area (Å²) in [6, 6.07) is 5.95. The Morgan fingerprint density at radius 1 is 1.10 bits per heavy atom. The molecule has 0 radical (unpaired) electrons. The van der Waals surface area contributed by atoms with Gasteiger partial charge in [0.05, 0.1) is 22.4 Å². The summed E-state index contributed by atoms with van der Waals surface area (Å²) in [5.41, 5.74) is -0.541. The minimum Gasteiger partial charge on any atom is -0.297 e. The van der Waals surface area contributed by atoms with Crippen LogP contribution in [0.25, 0.3) is 16.7 Å². The number of fused-ring (bicyclic) bond motifs is 1. The van der Waals surface area contributed by atoms with Gasteiger partial charge in [-0.25, -0.2) is 22.2 Å². The summed E-state index contributed by atoms with van der Waals surface area (Å²) >= 11 is 0. The maximum atomic E-state index is 15.1. The van der Waals surface area contributed by atoms with Crippen molar-refractivity contribution in [2.75, 3.05) is 16.6 Å². The molecule has 2 aromatic heterocycles. The normalized spacial score (nSPS) is 30.3. The molecule has 2 atom stereocenters. The molecule has 4 saturated carbocycles. The SMILES string of the molecule is CC12CC3CC(C1)CC(CC(=O)c1cn(-c4ccc(F)cc4F)c4nc(N5CCCS5(=O)=O)ccc4c1=O)(C3)C2. The van der Waals surface area contributed by atoms with Crippen molar-refractivity contribution >= 4 is 32.7 Å². The van der Waals surface area contributed by atoms with Crippen LogP contribution in [0.2, 0.25) is 0 Å². The Morgan fingerprint density at radius 2 is 1.85 bits per heavy atom. The summed E-state index contributed by atoms with van der Waals surface area (Å²) in [6.45, 7) is 2.57. The van der Waals surface area contributed by atoms with Crippen molar-refractivity contribution in [3.05, 3.63) is 63.9 Å². The van der Waals surface area contributed by atoms with Gasteiger partial charge in [-0.2, -0.15) is 0 Å². The van der Waals surface area contributed by atoms with Crippen molar-refractivity contribution in [3.8, 4) is 5.69 Å². The number of aromatic nitrogens is 2. The Hall–Kier alpha value is -3.14. The molecule has 1 aromatic carbocycles. The molecule has 0 N–H and O–H groups in total. The van der Waals surface area contributed by atoms with Crippen molar-refractivity contribution in [3.63, 3.8) is 0 Å². The van der Waals surface area contributed by atoms with E-state index in [9.17, 15) is 22.4 Å². The van der Waals surface area contributed by atoms with Gasteiger partial charge in [0.1, 0.15) is 17.5 Å². The predicted octanol–water partition coefficient (Wildman–Crippen LogP) is 5.38. The lowest BCUT2D eigenvalue weighted by molar-refractivity contribution is -0.100. The smallest absolute Gasteiger partial charge is 0.236 e. The first-order valence-corrected chi connectivity index (χ1v) is 15.6. The monoisotopic (exact) mass is 567 g/mol. The lowest BCUT2D eigenvalue weighted by Crippen LogP contribution is -2.51. The summed E-state index contributed by atoms with van der Waals surface area (Å²) < 4.78 is 56.5. The fourth-order valence-electron chi connectivity index (χ4n) is 8.86. The number of carbonyl (C=O) groups is 1. The molecule has 8 rings (SSSR count). The molecule has 1 aliphatic heterocycles. The molecule has 5 aliphatic rings. The average molecular weight is 568 g/mol. The van der Waals surface area contributed by atoms with Gasteiger partial charge >= 0.3 is 0 Å². The first-order chi connectivity index (χ1) is 18.9. The Balaban J connectivity index is 1.36. The van der Waals surface area contributed by atoms with Gasteiger partial charge in [-0.3, -0.25) is 18.5 Å². The summed E-state index contributed by atoms with van der Waals surface area (Å²) in [5, 5.41) is 0.0763. The minimum absolute atomic E-state index is 0.00831. The van der Waals surface area contributed by atoms with E-state index in [4.69, 9.17) is 0 Å². The zero-order valence-corrected chi connectivity index (χ0v) is 23.1. The van der Waals surface area contributed by atoms with Gasteiger partial charge in [-0.1, -0.05) is 6.92 Å². The van der Waals surface area contributed by atoms with Crippen LogP contribution < -0.4 is 9.73 Å². The molecule has 4 bridgehead atoms.